The second-order valence-electron chi connectivity index (χ2n) is 6.04. The predicted octanol–water partition coefficient (Wildman–Crippen LogP) is 2.72. The van der Waals surface area contributed by atoms with Gasteiger partial charge in [0.2, 0.25) is 5.91 Å². The van der Waals surface area contributed by atoms with Gasteiger partial charge in [-0.3, -0.25) is 9.59 Å². The van der Waals surface area contributed by atoms with Crippen LogP contribution in [0, 0.1) is 0 Å². The van der Waals surface area contributed by atoms with Gasteiger partial charge in [0.1, 0.15) is 9.71 Å². The second-order valence-corrected chi connectivity index (χ2v) is 7.04. The number of primary amides is 1. The summed E-state index contributed by atoms with van der Waals surface area (Å²) in [6.45, 7) is 0. The first-order chi connectivity index (χ1) is 12.0. The maximum absolute atomic E-state index is 12.6. The number of aromatic nitrogens is 1. The smallest absolute Gasteiger partial charge is 0.267 e. The van der Waals surface area contributed by atoms with Gasteiger partial charge in [0.05, 0.1) is 5.69 Å². The number of nitrogens with two attached hydrogens (primary N) is 2. The number of amides is 2. The van der Waals surface area contributed by atoms with E-state index in [2.05, 4.69) is 16.4 Å². The number of hydrogen-bond donors (Lipinski definition) is 3. The molecule has 5 N–H and O–H groups in total. The maximum Gasteiger partial charge on any atom is 0.267 e. The van der Waals surface area contributed by atoms with Gasteiger partial charge in [-0.25, -0.2) is 4.98 Å². The lowest BCUT2D eigenvalue weighted by Gasteiger charge is -2.05. The van der Waals surface area contributed by atoms with Crippen LogP contribution in [0.4, 0.5) is 11.4 Å². The van der Waals surface area contributed by atoms with E-state index >= 15 is 0 Å². The Kier molecular flexibility index (Phi) is 3.65. The van der Waals surface area contributed by atoms with Crippen LogP contribution in [-0.2, 0) is 12.8 Å². The van der Waals surface area contributed by atoms with Crippen LogP contribution in [-0.4, -0.2) is 16.8 Å². The highest BCUT2D eigenvalue weighted by atomic mass is 32.1. The molecule has 1 aliphatic carbocycles. The van der Waals surface area contributed by atoms with E-state index in [1.807, 2.05) is 0 Å². The SMILES string of the molecule is NC(=O)c1ccc(NC(=O)c2sc3nc4c(cc3c2N)CCC4)cc1. The van der Waals surface area contributed by atoms with E-state index in [0.29, 0.717) is 21.8 Å². The molecule has 1 aromatic carbocycles. The standard InChI is InChI=1S/C18H16N4O2S/c19-14-12-8-10-2-1-3-13(10)22-18(12)25-15(14)17(24)21-11-6-4-9(5-7-11)16(20)23/h4-8H,1-3,19H2,(H2,20,23)(H,21,24). The average molecular weight is 352 g/mol. The number of nitrogens with zero attached hydrogens (tertiary/aromatic N) is 1. The molecule has 0 atom stereocenters. The Morgan fingerprint density at radius 1 is 1.16 bits per heavy atom. The Balaban J connectivity index is 1.63. The molecule has 7 heteroatoms. The van der Waals surface area contributed by atoms with Crippen molar-refractivity contribution in [3.63, 3.8) is 0 Å². The number of carbonyl (C=O) groups excluding carboxylic acids is 2. The maximum atomic E-state index is 12.6. The molecule has 0 radical (unpaired) electrons. The van der Waals surface area contributed by atoms with Crippen molar-refractivity contribution in [3.8, 4) is 0 Å². The van der Waals surface area contributed by atoms with Gasteiger partial charge in [-0.15, -0.1) is 11.3 Å². The second kappa shape index (κ2) is 5.86. The summed E-state index contributed by atoms with van der Waals surface area (Å²) in [7, 11) is 0. The molecule has 0 aliphatic heterocycles. The largest absolute Gasteiger partial charge is 0.397 e. The van der Waals surface area contributed by atoms with Crippen LogP contribution in [0.3, 0.4) is 0 Å². The van der Waals surface area contributed by atoms with Crippen LogP contribution in [0.5, 0.6) is 0 Å². The molecule has 0 unspecified atom stereocenters. The third-order valence-electron chi connectivity index (χ3n) is 4.38. The van der Waals surface area contributed by atoms with Gasteiger partial charge in [-0.05, 0) is 55.2 Å². The molecule has 0 saturated heterocycles. The van der Waals surface area contributed by atoms with E-state index in [-0.39, 0.29) is 5.91 Å². The highest BCUT2D eigenvalue weighted by Gasteiger charge is 2.21. The molecule has 25 heavy (non-hydrogen) atoms. The molecular weight excluding hydrogens is 336 g/mol. The van der Waals surface area contributed by atoms with Crippen molar-refractivity contribution in [2.75, 3.05) is 11.1 Å². The summed E-state index contributed by atoms with van der Waals surface area (Å²) in [5.41, 5.74) is 15.2. The lowest BCUT2D eigenvalue weighted by molar-refractivity contribution is 0.0998. The van der Waals surface area contributed by atoms with Crippen LogP contribution in [0.2, 0.25) is 0 Å². The lowest BCUT2D eigenvalue weighted by Crippen LogP contribution is -2.13. The molecule has 0 bridgehead atoms. The summed E-state index contributed by atoms with van der Waals surface area (Å²) in [5, 5.41) is 3.64. The van der Waals surface area contributed by atoms with Crippen LogP contribution in [0.15, 0.2) is 30.3 Å². The molecular formula is C18H16N4O2S. The molecule has 0 saturated carbocycles. The van der Waals surface area contributed by atoms with Crippen molar-refractivity contribution in [1.82, 2.24) is 4.98 Å². The van der Waals surface area contributed by atoms with Crippen molar-refractivity contribution >= 4 is 44.7 Å². The van der Waals surface area contributed by atoms with Crippen LogP contribution < -0.4 is 16.8 Å². The Labute approximate surface area is 147 Å². The highest BCUT2D eigenvalue weighted by molar-refractivity contribution is 7.21. The van der Waals surface area contributed by atoms with E-state index in [1.54, 1.807) is 24.3 Å². The van der Waals surface area contributed by atoms with Crippen molar-refractivity contribution in [2.45, 2.75) is 19.3 Å². The number of fused-ring (bicyclic) bond motifs is 2. The Morgan fingerprint density at radius 3 is 2.64 bits per heavy atom. The van der Waals surface area contributed by atoms with Gasteiger partial charge >= 0.3 is 0 Å². The fourth-order valence-electron chi connectivity index (χ4n) is 3.07. The zero-order valence-corrected chi connectivity index (χ0v) is 14.2. The van der Waals surface area contributed by atoms with Gasteiger partial charge < -0.3 is 16.8 Å². The Morgan fingerprint density at radius 2 is 1.92 bits per heavy atom. The zero-order chi connectivity index (χ0) is 17.6. The fraction of sp³-hybridized carbons (Fsp3) is 0.167. The van der Waals surface area contributed by atoms with Crippen molar-refractivity contribution in [2.24, 2.45) is 5.73 Å². The number of carbonyl (C=O) groups is 2. The van der Waals surface area contributed by atoms with E-state index in [9.17, 15) is 9.59 Å². The third kappa shape index (κ3) is 2.72. The summed E-state index contributed by atoms with van der Waals surface area (Å²) >= 11 is 1.30. The van der Waals surface area contributed by atoms with Gasteiger partial charge in [0.15, 0.2) is 0 Å². The van der Waals surface area contributed by atoms with E-state index in [0.717, 1.165) is 35.2 Å². The minimum absolute atomic E-state index is 0.285. The van der Waals surface area contributed by atoms with E-state index in [4.69, 9.17) is 11.5 Å². The van der Waals surface area contributed by atoms with E-state index < -0.39 is 5.91 Å². The number of pyridine rings is 1. The number of benzene rings is 1. The Hall–Kier alpha value is -2.93. The molecule has 0 fully saturated rings. The molecule has 4 rings (SSSR count). The number of nitrogens with one attached hydrogen (secondary N) is 1. The molecule has 3 aromatic rings. The number of hydrogen-bond acceptors (Lipinski definition) is 5. The summed E-state index contributed by atoms with van der Waals surface area (Å²) < 4.78 is 0. The summed E-state index contributed by atoms with van der Waals surface area (Å²) in [6.07, 6.45) is 3.12. The number of anilines is 2. The molecule has 126 valence electrons. The predicted molar refractivity (Wildman–Crippen MR) is 99.0 cm³/mol. The first-order valence-corrected chi connectivity index (χ1v) is 8.76. The summed E-state index contributed by atoms with van der Waals surface area (Å²) in [5.74, 6) is -0.793. The van der Waals surface area contributed by atoms with Crippen LogP contribution >= 0.6 is 11.3 Å². The molecule has 6 nitrogen and oxygen atoms in total. The first kappa shape index (κ1) is 15.6. The van der Waals surface area contributed by atoms with Gasteiger partial charge in [0, 0.05) is 22.3 Å². The monoisotopic (exact) mass is 352 g/mol. The first-order valence-electron chi connectivity index (χ1n) is 7.95. The zero-order valence-electron chi connectivity index (χ0n) is 13.3. The topological polar surface area (TPSA) is 111 Å². The van der Waals surface area contributed by atoms with Gasteiger partial charge in [0.25, 0.3) is 5.91 Å². The van der Waals surface area contributed by atoms with Gasteiger partial charge in [-0.2, -0.15) is 0 Å². The summed E-state index contributed by atoms with van der Waals surface area (Å²) in [6, 6.07) is 8.47. The minimum atomic E-state index is -0.509. The number of nitrogen functional groups attached to an aromatic ring is 1. The minimum Gasteiger partial charge on any atom is -0.397 e. The van der Waals surface area contributed by atoms with E-state index in [1.165, 1.54) is 16.9 Å². The van der Waals surface area contributed by atoms with Crippen LogP contribution in [0.25, 0.3) is 10.2 Å². The highest BCUT2D eigenvalue weighted by Crippen LogP contribution is 2.36. The summed E-state index contributed by atoms with van der Waals surface area (Å²) in [4.78, 5) is 29.6. The normalized spacial score (nSPS) is 13.0. The molecule has 1 aliphatic rings. The van der Waals surface area contributed by atoms with Crippen LogP contribution in [0.1, 0.15) is 37.7 Å². The average Bonchev–Trinajstić information content (AvgIpc) is 3.17. The Bertz CT molecular complexity index is 1010. The van der Waals surface area contributed by atoms with Gasteiger partial charge in [-0.1, -0.05) is 0 Å². The van der Waals surface area contributed by atoms with Crippen molar-refractivity contribution in [3.05, 3.63) is 52.0 Å². The van der Waals surface area contributed by atoms with Crippen molar-refractivity contribution < 1.29 is 9.59 Å². The molecule has 2 amide bonds. The molecule has 2 heterocycles. The quantitative estimate of drug-likeness (QED) is 0.673. The number of aryl methyl sites for hydroxylation is 2. The van der Waals surface area contributed by atoms with Crippen molar-refractivity contribution in [1.29, 1.82) is 0 Å². The fourth-order valence-corrected chi connectivity index (χ4v) is 4.06. The molecule has 2 aromatic heterocycles. The number of thiophene rings is 1. The third-order valence-corrected chi connectivity index (χ3v) is 5.50. The number of rotatable bonds is 3. The lowest BCUT2D eigenvalue weighted by atomic mass is 10.1. The molecule has 0 spiro atoms.